The molecule has 164 valence electrons. The molecule has 0 atom stereocenters. The van der Waals surface area contributed by atoms with E-state index in [0.717, 1.165) is 46.9 Å². The Balaban J connectivity index is 1.34. The molecule has 0 saturated heterocycles. The Bertz CT molecular complexity index is 1250. The van der Waals surface area contributed by atoms with Gasteiger partial charge in [-0.05, 0) is 30.2 Å². The molecule has 3 amide bonds. The average Bonchev–Trinajstić information content (AvgIpc) is 3.46. The van der Waals surface area contributed by atoms with Gasteiger partial charge in [-0.15, -0.1) is 0 Å². The molecule has 1 aromatic carbocycles. The average molecular weight is 452 g/mol. The Morgan fingerprint density at radius 1 is 1.12 bits per heavy atom. The van der Waals surface area contributed by atoms with Crippen LogP contribution in [-0.2, 0) is 17.8 Å². The summed E-state index contributed by atoms with van der Waals surface area (Å²) >= 11 is 1.10. The van der Waals surface area contributed by atoms with Crippen molar-refractivity contribution in [3.05, 3.63) is 46.5 Å². The summed E-state index contributed by atoms with van der Waals surface area (Å²) in [6.07, 6.45) is 2.25. The van der Waals surface area contributed by atoms with E-state index in [0.29, 0.717) is 28.9 Å². The second kappa shape index (κ2) is 7.75. The van der Waals surface area contributed by atoms with Crippen molar-refractivity contribution >= 4 is 51.5 Å². The van der Waals surface area contributed by atoms with Gasteiger partial charge in [0.2, 0.25) is 5.91 Å². The van der Waals surface area contributed by atoms with Crippen molar-refractivity contribution in [3.8, 4) is 0 Å². The van der Waals surface area contributed by atoms with Gasteiger partial charge in [0.05, 0.1) is 12.7 Å². The van der Waals surface area contributed by atoms with E-state index >= 15 is 0 Å². The first-order valence-electron chi connectivity index (χ1n) is 10.2. The van der Waals surface area contributed by atoms with Gasteiger partial charge >= 0.3 is 0 Å². The van der Waals surface area contributed by atoms with Crippen LogP contribution in [-0.4, -0.2) is 57.5 Å². The summed E-state index contributed by atoms with van der Waals surface area (Å²) in [4.78, 5) is 44.3. The molecular weight excluding hydrogens is 430 g/mol. The predicted octanol–water partition coefficient (Wildman–Crippen LogP) is 2.33. The summed E-state index contributed by atoms with van der Waals surface area (Å²) in [5, 5.41) is 10.2. The van der Waals surface area contributed by atoms with E-state index in [1.54, 1.807) is 4.90 Å². The normalized spacial score (nSPS) is 14.9. The molecule has 4 heterocycles. The van der Waals surface area contributed by atoms with Crippen LogP contribution in [0, 0.1) is 0 Å². The zero-order valence-corrected chi connectivity index (χ0v) is 18.4. The quantitative estimate of drug-likeness (QED) is 0.630. The standard InChI is InChI=1S/C21H21N7O3S/c1-12(29)23-21-22-11-16(32-21)19(30)24-17-10-18-27(7-8-28(18)25-17)14-3-4-15-13(9-14)5-6-26(2)20(15)31/h3-4,9-11H,5-8H2,1-2H3,(H,22,23,29)(H,24,25,30). The van der Waals surface area contributed by atoms with Gasteiger partial charge in [0.1, 0.15) is 10.7 Å². The van der Waals surface area contributed by atoms with Gasteiger partial charge in [0.15, 0.2) is 10.9 Å². The van der Waals surface area contributed by atoms with E-state index < -0.39 is 0 Å². The molecular formula is C21H21N7O3S. The summed E-state index contributed by atoms with van der Waals surface area (Å²) in [5.74, 6) is 0.801. The van der Waals surface area contributed by atoms with Crippen molar-refractivity contribution in [2.24, 2.45) is 0 Å². The topological polar surface area (TPSA) is 112 Å². The summed E-state index contributed by atoms with van der Waals surface area (Å²) in [6, 6.07) is 7.75. The summed E-state index contributed by atoms with van der Waals surface area (Å²) in [7, 11) is 1.82. The molecule has 0 aliphatic carbocycles. The van der Waals surface area contributed by atoms with E-state index in [4.69, 9.17) is 0 Å². The van der Waals surface area contributed by atoms with E-state index in [1.807, 2.05) is 29.9 Å². The number of nitrogens with zero attached hydrogens (tertiary/aromatic N) is 5. The number of hydrogen-bond donors (Lipinski definition) is 2. The number of fused-ring (bicyclic) bond motifs is 2. The fourth-order valence-corrected chi connectivity index (χ4v) is 4.70. The predicted molar refractivity (Wildman–Crippen MR) is 121 cm³/mol. The summed E-state index contributed by atoms with van der Waals surface area (Å²) < 4.78 is 1.85. The van der Waals surface area contributed by atoms with Gasteiger partial charge in [-0.2, -0.15) is 5.10 Å². The summed E-state index contributed by atoms with van der Waals surface area (Å²) in [5.41, 5.74) is 2.81. The lowest BCUT2D eigenvalue weighted by Crippen LogP contribution is -2.34. The number of aromatic nitrogens is 3. The molecule has 0 radical (unpaired) electrons. The highest BCUT2D eigenvalue weighted by Gasteiger charge is 2.27. The molecule has 0 spiro atoms. The molecule has 0 bridgehead atoms. The van der Waals surface area contributed by atoms with Crippen molar-refractivity contribution < 1.29 is 14.4 Å². The van der Waals surface area contributed by atoms with Crippen LogP contribution in [0.4, 0.5) is 22.5 Å². The highest BCUT2D eigenvalue weighted by Crippen LogP contribution is 2.34. The van der Waals surface area contributed by atoms with E-state index in [-0.39, 0.29) is 17.7 Å². The number of thiazole rings is 1. The number of hydrogen-bond acceptors (Lipinski definition) is 7. The van der Waals surface area contributed by atoms with E-state index in [2.05, 4.69) is 31.7 Å². The molecule has 5 rings (SSSR count). The van der Waals surface area contributed by atoms with Crippen molar-refractivity contribution in [3.63, 3.8) is 0 Å². The number of amides is 3. The Hall–Kier alpha value is -3.73. The minimum absolute atomic E-state index is 0.0546. The van der Waals surface area contributed by atoms with Crippen LogP contribution < -0.4 is 15.5 Å². The smallest absolute Gasteiger partial charge is 0.268 e. The maximum atomic E-state index is 12.6. The molecule has 11 heteroatoms. The molecule has 2 aromatic heterocycles. The highest BCUT2D eigenvalue weighted by molar-refractivity contribution is 7.17. The SMILES string of the molecule is CC(=O)Nc1ncc(C(=O)Nc2cc3n(n2)CCN3c2ccc3c(c2)CCN(C)C3=O)s1. The monoisotopic (exact) mass is 451 g/mol. The van der Waals surface area contributed by atoms with Gasteiger partial charge in [0, 0.05) is 44.4 Å². The molecule has 10 nitrogen and oxygen atoms in total. The largest absolute Gasteiger partial charge is 0.341 e. The molecule has 2 aliphatic heterocycles. The number of nitrogens with one attached hydrogen (secondary N) is 2. The number of benzene rings is 1. The molecule has 0 saturated carbocycles. The Kier molecular flexibility index (Phi) is 4.89. The Morgan fingerprint density at radius 2 is 1.97 bits per heavy atom. The molecule has 0 unspecified atom stereocenters. The van der Waals surface area contributed by atoms with Crippen molar-refractivity contribution in [1.82, 2.24) is 19.7 Å². The van der Waals surface area contributed by atoms with Crippen LogP contribution >= 0.6 is 11.3 Å². The Labute approximate surface area is 187 Å². The van der Waals surface area contributed by atoms with Crippen LogP contribution in [0.2, 0.25) is 0 Å². The maximum Gasteiger partial charge on any atom is 0.268 e. The lowest BCUT2D eigenvalue weighted by Gasteiger charge is -2.26. The lowest BCUT2D eigenvalue weighted by atomic mass is 9.98. The number of rotatable bonds is 4. The zero-order valence-electron chi connectivity index (χ0n) is 17.6. The molecule has 0 fully saturated rings. The fraction of sp³-hybridized carbons (Fsp3) is 0.286. The number of carbonyl (C=O) groups is 3. The van der Waals surface area contributed by atoms with Crippen molar-refractivity contribution in [2.75, 3.05) is 35.7 Å². The van der Waals surface area contributed by atoms with E-state index in [9.17, 15) is 14.4 Å². The van der Waals surface area contributed by atoms with Crippen LogP contribution in [0.1, 0.15) is 32.5 Å². The van der Waals surface area contributed by atoms with Gasteiger partial charge in [0.25, 0.3) is 11.8 Å². The van der Waals surface area contributed by atoms with Crippen molar-refractivity contribution in [2.45, 2.75) is 19.9 Å². The molecule has 2 aliphatic rings. The Morgan fingerprint density at radius 3 is 2.78 bits per heavy atom. The maximum absolute atomic E-state index is 12.6. The first-order chi connectivity index (χ1) is 15.4. The molecule has 3 aromatic rings. The zero-order chi connectivity index (χ0) is 22.4. The van der Waals surface area contributed by atoms with Crippen molar-refractivity contribution in [1.29, 1.82) is 0 Å². The second-order valence-corrected chi connectivity index (χ2v) is 8.78. The minimum atomic E-state index is -0.334. The van der Waals surface area contributed by atoms with Crippen LogP contribution in [0.15, 0.2) is 30.5 Å². The fourth-order valence-electron chi connectivity index (χ4n) is 3.94. The third kappa shape index (κ3) is 3.60. The first kappa shape index (κ1) is 20.2. The number of likely N-dealkylation sites (N-methyl/N-ethyl adjacent to an activating group) is 1. The van der Waals surface area contributed by atoms with Gasteiger partial charge < -0.3 is 20.4 Å². The third-order valence-corrected chi connectivity index (χ3v) is 6.43. The molecule has 2 N–H and O–H groups in total. The van der Waals surface area contributed by atoms with Crippen LogP contribution in [0.5, 0.6) is 0 Å². The minimum Gasteiger partial charge on any atom is -0.341 e. The highest BCUT2D eigenvalue weighted by atomic mass is 32.1. The van der Waals surface area contributed by atoms with E-state index in [1.165, 1.54) is 13.1 Å². The van der Waals surface area contributed by atoms with Crippen LogP contribution in [0.25, 0.3) is 0 Å². The third-order valence-electron chi connectivity index (χ3n) is 5.52. The lowest BCUT2D eigenvalue weighted by molar-refractivity contribution is -0.114. The van der Waals surface area contributed by atoms with Gasteiger partial charge in [-0.3, -0.25) is 14.4 Å². The van der Waals surface area contributed by atoms with Gasteiger partial charge in [-0.1, -0.05) is 11.3 Å². The summed E-state index contributed by atoms with van der Waals surface area (Å²) in [6.45, 7) is 3.55. The van der Waals surface area contributed by atoms with Gasteiger partial charge in [-0.25, -0.2) is 9.67 Å². The second-order valence-electron chi connectivity index (χ2n) is 7.75. The van der Waals surface area contributed by atoms with Crippen LogP contribution in [0.3, 0.4) is 0 Å². The number of carbonyl (C=O) groups excluding carboxylic acids is 3. The first-order valence-corrected chi connectivity index (χ1v) is 11.0. The number of anilines is 4. The molecule has 32 heavy (non-hydrogen) atoms.